The molecule has 2 fully saturated rings. The number of hydrogen-bond donors (Lipinski definition) is 0. The molecule has 0 amide bonds. The first-order valence-electron chi connectivity index (χ1n) is 13.1. The molecule has 5 aliphatic carbocycles. The average Bonchev–Trinajstić information content (AvgIpc) is 3.38. The van der Waals surface area contributed by atoms with Crippen LogP contribution in [0.1, 0.15) is 56.9 Å². The van der Waals surface area contributed by atoms with Gasteiger partial charge in [-0.2, -0.15) is 0 Å². The van der Waals surface area contributed by atoms with Crippen LogP contribution in [-0.2, 0) is 10.2 Å². The van der Waals surface area contributed by atoms with Crippen molar-refractivity contribution in [3.8, 4) is 0 Å². The summed E-state index contributed by atoms with van der Waals surface area (Å²) in [6.07, 6.45) is 24.6. The third-order valence-corrected chi connectivity index (χ3v) is 9.84. The number of ether oxygens (including phenoxy) is 1. The maximum atomic E-state index is 6.77. The van der Waals surface area contributed by atoms with Gasteiger partial charge in [-0.05, 0) is 85.1 Å². The third-order valence-electron chi connectivity index (χ3n) is 9.44. The zero-order valence-corrected chi connectivity index (χ0v) is 20.0. The predicted molar refractivity (Wildman–Crippen MR) is 135 cm³/mol. The van der Waals surface area contributed by atoms with Crippen LogP contribution in [0.5, 0.6) is 0 Å². The fourth-order valence-electron chi connectivity index (χ4n) is 8.31. The molecule has 0 radical (unpaired) electrons. The van der Waals surface area contributed by atoms with Crippen molar-refractivity contribution >= 4 is 11.6 Å². The Hall–Kier alpha value is -1.83. The highest BCUT2D eigenvalue weighted by atomic mass is 35.5. The van der Waals surface area contributed by atoms with E-state index in [1.807, 2.05) is 0 Å². The van der Waals surface area contributed by atoms with Crippen molar-refractivity contribution in [2.75, 3.05) is 0 Å². The van der Waals surface area contributed by atoms with Crippen molar-refractivity contribution in [2.24, 2.45) is 17.8 Å². The summed E-state index contributed by atoms with van der Waals surface area (Å²) >= 11 is 6.77. The van der Waals surface area contributed by atoms with Crippen LogP contribution < -0.4 is 0 Å². The van der Waals surface area contributed by atoms with Gasteiger partial charge in [0.2, 0.25) is 0 Å². The van der Waals surface area contributed by atoms with E-state index in [0.717, 1.165) is 19.3 Å². The van der Waals surface area contributed by atoms with Gasteiger partial charge in [0.05, 0.1) is 12.2 Å². The summed E-state index contributed by atoms with van der Waals surface area (Å²) in [6.45, 7) is 0. The Morgan fingerprint density at radius 1 is 1.03 bits per heavy atom. The summed E-state index contributed by atoms with van der Waals surface area (Å²) < 4.78 is 6.73. The molecule has 1 nitrogen and oxygen atoms in total. The second-order valence-electron chi connectivity index (χ2n) is 10.9. The van der Waals surface area contributed by atoms with E-state index >= 15 is 0 Å². The minimum absolute atomic E-state index is 0.0784. The SMILES string of the molecule is ClC1CCC2OC3C=CC=C([C@]4(c5ccccc5)C5=C(CCC=C5)C5=CCCCC54)C3C2C1. The Bertz CT molecular complexity index is 1100. The van der Waals surface area contributed by atoms with Gasteiger partial charge in [-0.25, -0.2) is 0 Å². The highest BCUT2D eigenvalue weighted by Gasteiger charge is 2.59. The van der Waals surface area contributed by atoms with Gasteiger partial charge in [0.15, 0.2) is 0 Å². The van der Waals surface area contributed by atoms with Crippen molar-refractivity contribution in [3.05, 3.63) is 94.6 Å². The van der Waals surface area contributed by atoms with Crippen LogP contribution in [0.15, 0.2) is 89.1 Å². The van der Waals surface area contributed by atoms with E-state index < -0.39 is 0 Å². The number of hydrogen-bond acceptors (Lipinski definition) is 1. The Kier molecular flexibility index (Phi) is 4.89. The van der Waals surface area contributed by atoms with Crippen LogP contribution in [-0.4, -0.2) is 17.6 Å². The number of allylic oxidation sites excluding steroid dienone is 8. The fraction of sp³-hybridized carbons (Fsp3) is 0.484. The maximum absolute atomic E-state index is 6.77. The Balaban J connectivity index is 1.47. The van der Waals surface area contributed by atoms with Gasteiger partial charge >= 0.3 is 0 Å². The molecule has 6 unspecified atom stereocenters. The molecule has 0 N–H and O–H groups in total. The van der Waals surface area contributed by atoms with Crippen LogP contribution in [0.25, 0.3) is 0 Å². The van der Waals surface area contributed by atoms with E-state index in [1.165, 1.54) is 37.7 Å². The van der Waals surface area contributed by atoms with Crippen molar-refractivity contribution in [3.63, 3.8) is 0 Å². The summed E-state index contributed by atoms with van der Waals surface area (Å²) in [7, 11) is 0. The standard InChI is InChI=1S/C31H33ClO/c32-21-17-18-28-24(19-21)30-27(15-8-16-29(30)33-28)31(20-9-2-1-3-10-20)25-13-6-4-11-22(25)23-12-5-7-14-26(23)31/h1-3,6,8-10,12-13,15-16,21,24,26,28-30H,4-5,7,11,14,17-19H2/t21?,24?,26?,28?,29?,30?,31-/m1/s1. The largest absolute Gasteiger partial charge is 0.370 e. The van der Waals surface area contributed by atoms with Gasteiger partial charge in [0.25, 0.3) is 0 Å². The third kappa shape index (κ3) is 2.88. The fourth-order valence-corrected chi connectivity index (χ4v) is 8.64. The van der Waals surface area contributed by atoms with E-state index in [2.05, 4.69) is 66.8 Å². The lowest BCUT2D eigenvalue weighted by Gasteiger charge is -2.47. The second kappa shape index (κ2) is 7.85. The molecule has 0 spiro atoms. The molecule has 6 aliphatic rings. The first-order chi connectivity index (χ1) is 16.3. The molecule has 1 aliphatic heterocycles. The summed E-state index contributed by atoms with van der Waals surface area (Å²) in [6, 6.07) is 11.5. The van der Waals surface area contributed by atoms with Crippen molar-refractivity contribution in [1.29, 1.82) is 0 Å². The number of fused-ring (bicyclic) bond motifs is 5. The monoisotopic (exact) mass is 456 g/mol. The zero-order valence-electron chi connectivity index (χ0n) is 19.3. The van der Waals surface area contributed by atoms with E-state index in [-0.39, 0.29) is 16.9 Å². The normalized spacial score (nSPS) is 41.1. The van der Waals surface area contributed by atoms with Gasteiger partial charge in [-0.3, -0.25) is 0 Å². The minimum Gasteiger partial charge on any atom is -0.370 e. The van der Waals surface area contributed by atoms with Crippen LogP contribution in [0.4, 0.5) is 0 Å². The smallest absolute Gasteiger partial charge is 0.0832 e. The lowest BCUT2D eigenvalue weighted by molar-refractivity contribution is 0.0378. The Morgan fingerprint density at radius 2 is 1.94 bits per heavy atom. The van der Waals surface area contributed by atoms with E-state index in [9.17, 15) is 0 Å². The number of halogens is 1. The van der Waals surface area contributed by atoms with Gasteiger partial charge < -0.3 is 4.74 Å². The maximum Gasteiger partial charge on any atom is 0.0832 e. The zero-order chi connectivity index (χ0) is 22.0. The van der Waals surface area contributed by atoms with Gasteiger partial charge in [0, 0.05) is 22.6 Å². The first-order valence-corrected chi connectivity index (χ1v) is 13.6. The van der Waals surface area contributed by atoms with E-state index in [4.69, 9.17) is 16.3 Å². The molecular weight excluding hydrogens is 424 g/mol. The summed E-state index contributed by atoms with van der Waals surface area (Å²) in [4.78, 5) is 0. The molecule has 1 heterocycles. The van der Waals surface area contributed by atoms with Crippen LogP contribution in [0.3, 0.4) is 0 Å². The lowest BCUT2D eigenvalue weighted by atomic mass is 9.55. The number of benzene rings is 1. The van der Waals surface area contributed by atoms with Crippen LogP contribution >= 0.6 is 11.6 Å². The van der Waals surface area contributed by atoms with Gasteiger partial charge in [0.1, 0.15) is 0 Å². The number of rotatable bonds is 2. The molecule has 170 valence electrons. The van der Waals surface area contributed by atoms with Gasteiger partial charge in [-0.15, -0.1) is 11.6 Å². The van der Waals surface area contributed by atoms with E-state index in [1.54, 1.807) is 22.3 Å². The first kappa shape index (κ1) is 20.5. The topological polar surface area (TPSA) is 9.23 Å². The van der Waals surface area contributed by atoms with Gasteiger partial charge in [-0.1, -0.05) is 66.8 Å². The predicted octanol–water partition coefficient (Wildman–Crippen LogP) is 7.60. The van der Waals surface area contributed by atoms with Crippen molar-refractivity contribution < 1.29 is 4.74 Å². The summed E-state index contributed by atoms with van der Waals surface area (Å²) in [5, 5.41) is 0.284. The van der Waals surface area contributed by atoms with Crippen LogP contribution in [0, 0.1) is 17.8 Å². The molecule has 7 rings (SSSR count). The van der Waals surface area contributed by atoms with Crippen molar-refractivity contribution in [1.82, 2.24) is 0 Å². The molecule has 7 atom stereocenters. The molecule has 1 aromatic carbocycles. The molecule has 2 heteroatoms. The van der Waals surface area contributed by atoms with E-state index in [0.29, 0.717) is 23.9 Å². The summed E-state index contributed by atoms with van der Waals surface area (Å²) in [5.41, 5.74) is 7.89. The molecule has 1 saturated heterocycles. The Morgan fingerprint density at radius 3 is 2.85 bits per heavy atom. The second-order valence-corrected chi connectivity index (χ2v) is 11.5. The Labute approximate surface area is 202 Å². The molecule has 1 aromatic rings. The van der Waals surface area contributed by atoms with Crippen LogP contribution in [0.2, 0.25) is 0 Å². The summed E-state index contributed by atoms with van der Waals surface area (Å²) in [5.74, 6) is 1.48. The minimum atomic E-state index is -0.0784. The average molecular weight is 457 g/mol. The molecule has 0 aromatic heterocycles. The lowest BCUT2D eigenvalue weighted by Crippen LogP contribution is -2.44. The quantitative estimate of drug-likeness (QED) is 0.416. The number of alkyl halides is 1. The molecule has 1 saturated carbocycles. The molecule has 33 heavy (non-hydrogen) atoms. The highest BCUT2D eigenvalue weighted by molar-refractivity contribution is 6.20. The molecular formula is C31H33ClO. The highest BCUT2D eigenvalue weighted by Crippen LogP contribution is 2.65. The molecule has 0 bridgehead atoms. The van der Waals surface area contributed by atoms with Crippen molar-refractivity contribution in [2.45, 2.75) is 74.4 Å².